The first kappa shape index (κ1) is 14.3. The van der Waals surface area contributed by atoms with Gasteiger partial charge in [-0.05, 0) is 54.3 Å². The van der Waals surface area contributed by atoms with Crippen LogP contribution in [0.15, 0.2) is 42.5 Å². The predicted octanol–water partition coefficient (Wildman–Crippen LogP) is 2.27. The summed E-state index contributed by atoms with van der Waals surface area (Å²) in [4.78, 5) is 12.4. The zero-order chi connectivity index (χ0) is 15.6. The Morgan fingerprint density at radius 3 is 2.91 bits per heavy atom. The van der Waals surface area contributed by atoms with E-state index in [1.54, 1.807) is 0 Å². The van der Waals surface area contributed by atoms with Crippen LogP contribution in [0.2, 0.25) is 0 Å². The molecule has 1 atom stereocenters. The molecule has 4 rings (SSSR count). The maximum Gasteiger partial charge on any atom is 0.251 e. The van der Waals surface area contributed by atoms with Crippen molar-refractivity contribution < 1.29 is 4.79 Å². The Morgan fingerprint density at radius 2 is 1.96 bits per heavy atom. The van der Waals surface area contributed by atoms with Crippen molar-refractivity contribution in [3.8, 4) is 0 Å². The molecule has 4 nitrogen and oxygen atoms in total. The maximum absolute atomic E-state index is 12.4. The highest BCUT2D eigenvalue weighted by molar-refractivity contribution is 5.95. The minimum absolute atomic E-state index is 0.00422. The molecule has 0 spiro atoms. The second kappa shape index (κ2) is 6.05. The van der Waals surface area contributed by atoms with E-state index in [9.17, 15) is 4.79 Å². The third-order valence-electron chi connectivity index (χ3n) is 4.76. The van der Waals surface area contributed by atoms with Crippen molar-refractivity contribution in [3.63, 3.8) is 0 Å². The molecular formula is C19H21N3O. The molecule has 0 aliphatic carbocycles. The predicted molar refractivity (Wildman–Crippen MR) is 91.9 cm³/mol. The lowest BCUT2D eigenvalue weighted by atomic mass is 9.94. The number of amides is 1. The molecule has 2 heterocycles. The monoisotopic (exact) mass is 307 g/mol. The molecule has 0 aromatic heterocycles. The van der Waals surface area contributed by atoms with E-state index in [1.165, 1.54) is 16.7 Å². The summed E-state index contributed by atoms with van der Waals surface area (Å²) < 4.78 is 0. The lowest BCUT2D eigenvalue weighted by Crippen LogP contribution is -2.38. The summed E-state index contributed by atoms with van der Waals surface area (Å²) in [6.07, 6.45) is 2.05. The lowest BCUT2D eigenvalue weighted by Gasteiger charge is -2.27. The first-order chi connectivity index (χ1) is 11.3. The van der Waals surface area contributed by atoms with E-state index in [0.29, 0.717) is 6.54 Å². The molecule has 4 heteroatoms. The fourth-order valence-electron chi connectivity index (χ4n) is 3.52. The van der Waals surface area contributed by atoms with Crippen molar-refractivity contribution >= 4 is 11.6 Å². The first-order valence-electron chi connectivity index (χ1n) is 8.27. The van der Waals surface area contributed by atoms with Crippen LogP contribution in [-0.2, 0) is 12.8 Å². The second-order valence-electron chi connectivity index (χ2n) is 6.21. The van der Waals surface area contributed by atoms with Crippen LogP contribution in [0.3, 0.4) is 0 Å². The SMILES string of the molecule is O=C(NCC1NCCc2ccccc21)c1ccc2c(c1)CCN2. The summed E-state index contributed by atoms with van der Waals surface area (Å²) in [6, 6.07) is 14.6. The van der Waals surface area contributed by atoms with Crippen molar-refractivity contribution in [3.05, 3.63) is 64.7 Å². The molecule has 2 aromatic carbocycles. The highest BCUT2D eigenvalue weighted by Crippen LogP contribution is 2.24. The molecular weight excluding hydrogens is 286 g/mol. The van der Waals surface area contributed by atoms with Gasteiger partial charge >= 0.3 is 0 Å². The van der Waals surface area contributed by atoms with Gasteiger partial charge in [-0.3, -0.25) is 4.79 Å². The number of anilines is 1. The highest BCUT2D eigenvalue weighted by atomic mass is 16.1. The largest absolute Gasteiger partial charge is 0.384 e. The van der Waals surface area contributed by atoms with Crippen LogP contribution in [0.1, 0.15) is 33.1 Å². The molecule has 2 aliphatic heterocycles. The zero-order valence-corrected chi connectivity index (χ0v) is 13.1. The third-order valence-corrected chi connectivity index (χ3v) is 4.76. The van der Waals surface area contributed by atoms with Crippen LogP contribution in [0, 0.1) is 0 Å². The standard InChI is InChI=1S/C19H21N3O/c23-19(15-5-6-17-14(11-15)8-10-20-17)22-12-18-16-4-2-1-3-13(16)7-9-21-18/h1-6,11,18,20-21H,7-10,12H2,(H,22,23). The van der Waals surface area contributed by atoms with Gasteiger partial charge < -0.3 is 16.0 Å². The normalized spacial score (nSPS) is 18.7. The summed E-state index contributed by atoms with van der Waals surface area (Å²) in [6.45, 7) is 2.54. The quantitative estimate of drug-likeness (QED) is 0.815. The van der Waals surface area contributed by atoms with Gasteiger partial charge in [0.2, 0.25) is 0 Å². The summed E-state index contributed by atoms with van der Waals surface area (Å²) in [5.41, 5.74) is 5.83. The van der Waals surface area contributed by atoms with Gasteiger partial charge in [0.25, 0.3) is 5.91 Å². The van der Waals surface area contributed by atoms with E-state index in [-0.39, 0.29) is 11.9 Å². The summed E-state index contributed by atoms with van der Waals surface area (Å²) >= 11 is 0. The number of nitrogens with one attached hydrogen (secondary N) is 3. The van der Waals surface area contributed by atoms with E-state index >= 15 is 0 Å². The average Bonchev–Trinajstić information content (AvgIpc) is 3.07. The van der Waals surface area contributed by atoms with Gasteiger partial charge in [-0.15, -0.1) is 0 Å². The van der Waals surface area contributed by atoms with Gasteiger partial charge in [0, 0.05) is 30.4 Å². The molecule has 0 saturated carbocycles. The van der Waals surface area contributed by atoms with Crippen molar-refractivity contribution in [2.45, 2.75) is 18.9 Å². The fourth-order valence-corrected chi connectivity index (χ4v) is 3.52. The van der Waals surface area contributed by atoms with Crippen molar-refractivity contribution in [1.29, 1.82) is 0 Å². The highest BCUT2D eigenvalue weighted by Gasteiger charge is 2.20. The first-order valence-corrected chi connectivity index (χ1v) is 8.27. The molecule has 0 bridgehead atoms. The van der Waals surface area contributed by atoms with Gasteiger partial charge in [0.15, 0.2) is 0 Å². The van der Waals surface area contributed by atoms with Gasteiger partial charge in [0.1, 0.15) is 0 Å². The lowest BCUT2D eigenvalue weighted by molar-refractivity contribution is 0.0949. The smallest absolute Gasteiger partial charge is 0.251 e. The molecule has 118 valence electrons. The Morgan fingerprint density at radius 1 is 1.09 bits per heavy atom. The molecule has 3 N–H and O–H groups in total. The topological polar surface area (TPSA) is 53.2 Å². The van der Waals surface area contributed by atoms with E-state index in [0.717, 1.165) is 37.2 Å². The molecule has 1 unspecified atom stereocenters. The van der Waals surface area contributed by atoms with Crippen LogP contribution in [0.25, 0.3) is 0 Å². The van der Waals surface area contributed by atoms with Crippen LogP contribution >= 0.6 is 0 Å². The van der Waals surface area contributed by atoms with E-state index in [1.807, 2.05) is 18.2 Å². The molecule has 0 fully saturated rings. The number of carbonyl (C=O) groups is 1. The van der Waals surface area contributed by atoms with Crippen LogP contribution in [-0.4, -0.2) is 25.5 Å². The zero-order valence-electron chi connectivity index (χ0n) is 13.1. The molecule has 0 radical (unpaired) electrons. The number of hydrogen-bond donors (Lipinski definition) is 3. The number of fused-ring (bicyclic) bond motifs is 2. The van der Waals surface area contributed by atoms with Crippen molar-refractivity contribution in [2.75, 3.05) is 25.0 Å². The Hall–Kier alpha value is -2.33. The number of carbonyl (C=O) groups excluding carboxylic acids is 1. The third kappa shape index (κ3) is 2.82. The van der Waals surface area contributed by atoms with Gasteiger partial charge in [-0.25, -0.2) is 0 Å². The minimum atomic E-state index is 0.00422. The van der Waals surface area contributed by atoms with E-state index in [4.69, 9.17) is 0 Å². The van der Waals surface area contributed by atoms with Gasteiger partial charge in [0.05, 0.1) is 0 Å². The van der Waals surface area contributed by atoms with Crippen molar-refractivity contribution in [1.82, 2.24) is 10.6 Å². The Balaban J connectivity index is 1.44. The van der Waals surface area contributed by atoms with Gasteiger partial charge in [-0.1, -0.05) is 24.3 Å². The number of hydrogen-bond acceptors (Lipinski definition) is 3. The Labute approximate surface area is 136 Å². The molecule has 0 saturated heterocycles. The molecule has 23 heavy (non-hydrogen) atoms. The van der Waals surface area contributed by atoms with Crippen LogP contribution in [0.5, 0.6) is 0 Å². The fraction of sp³-hybridized carbons (Fsp3) is 0.316. The molecule has 2 aromatic rings. The Kier molecular flexibility index (Phi) is 3.75. The minimum Gasteiger partial charge on any atom is -0.384 e. The summed E-state index contributed by atoms with van der Waals surface area (Å²) in [7, 11) is 0. The number of rotatable bonds is 3. The van der Waals surface area contributed by atoms with Gasteiger partial charge in [-0.2, -0.15) is 0 Å². The summed E-state index contributed by atoms with van der Waals surface area (Å²) in [5.74, 6) is 0.00422. The van der Waals surface area contributed by atoms with Crippen molar-refractivity contribution in [2.24, 2.45) is 0 Å². The van der Waals surface area contributed by atoms with Crippen LogP contribution < -0.4 is 16.0 Å². The second-order valence-corrected chi connectivity index (χ2v) is 6.21. The van der Waals surface area contributed by atoms with E-state index < -0.39 is 0 Å². The maximum atomic E-state index is 12.4. The van der Waals surface area contributed by atoms with Crippen LogP contribution in [0.4, 0.5) is 5.69 Å². The van der Waals surface area contributed by atoms with E-state index in [2.05, 4.69) is 40.2 Å². The summed E-state index contributed by atoms with van der Waals surface area (Å²) in [5, 5.41) is 9.90. The number of benzene rings is 2. The average molecular weight is 307 g/mol. The molecule has 1 amide bonds. The molecule has 2 aliphatic rings. The Bertz CT molecular complexity index is 741.